The largest absolute Gasteiger partial charge is 0.469 e. The third-order valence-corrected chi connectivity index (χ3v) is 4.95. The Morgan fingerprint density at radius 3 is 2.48 bits per heavy atom. The number of aromatic nitrogens is 1. The van der Waals surface area contributed by atoms with E-state index in [9.17, 15) is 14.4 Å². The lowest BCUT2D eigenvalue weighted by molar-refractivity contribution is -0.145. The highest BCUT2D eigenvalue weighted by molar-refractivity contribution is 6.01. The molecule has 0 aromatic carbocycles. The van der Waals surface area contributed by atoms with Gasteiger partial charge in [-0.15, -0.1) is 0 Å². The molecule has 9 heteroatoms. The van der Waals surface area contributed by atoms with E-state index in [1.807, 2.05) is 26.8 Å². The van der Waals surface area contributed by atoms with Crippen LogP contribution in [-0.4, -0.2) is 73.3 Å². The Hall–Kier alpha value is -2.84. The van der Waals surface area contributed by atoms with Crippen LogP contribution in [0.2, 0.25) is 0 Å². The molecule has 0 saturated carbocycles. The van der Waals surface area contributed by atoms with E-state index in [1.165, 1.54) is 7.11 Å². The topological polar surface area (TPSA) is 92.3 Å². The average Bonchev–Trinajstić information content (AvgIpc) is 3.07. The predicted molar refractivity (Wildman–Crippen MR) is 107 cm³/mol. The molecule has 0 bridgehead atoms. The van der Waals surface area contributed by atoms with Crippen molar-refractivity contribution in [3.8, 4) is 0 Å². The summed E-state index contributed by atoms with van der Waals surface area (Å²) in [7, 11) is 1.33. The fourth-order valence-corrected chi connectivity index (χ4v) is 3.54. The van der Waals surface area contributed by atoms with E-state index in [-0.39, 0.29) is 30.9 Å². The monoisotopic (exact) mass is 404 g/mol. The molecule has 9 nitrogen and oxygen atoms in total. The Kier molecular flexibility index (Phi) is 5.95. The number of methoxy groups -OCH3 is 1. The number of pyridine rings is 1. The van der Waals surface area contributed by atoms with Crippen LogP contribution in [0.1, 0.15) is 27.2 Å². The van der Waals surface area contributed by atoms with Crippen molar-refractivity contribution in [1.82, 2.24) is 9.88 Å². The van der Waals surface area contributed by atoms with E-state index in [4.69, 9.17) is 9.47 Å². The molecule has 2 aliphatic heterocycles. The van der Waals surface area contributed by atoms with Crippen LogP contribution in [-0.2, 0) is 19.1 Å². The number of esters is 1. The first-order chi connectivity index (χ1) is 13.7. The Balaban J connectivity index is 1.70. The van der Waals surface area contributed by atoms with Crippen molar-refractivity contribution in [3.05, 3.63) is 18.3 Å². The molecule has 3 heterocycles. The summed E-state index contributed by atoms with van der Waals surface area (Å²) < 4.78 is 10.2. The van der Waals surface area contributed by atoms with Crippen LogP contribution < -0.4 is 9.80 Å². The molecule has 0 N–H and O–H groups in total. The zero-order chi connectivity index (χ0) is 21.2. The molecule has 2 saturated heterocycles. The van der Waals surface area contributed by atoms with Gasteiger partial charge < -0.3 is 24.2 Å². The van der Waals surface area contributed by atoms with Gasteiger partial charge in [0.05, 0.1) is 18.7 Å². The molecule has 29 heavy (non-hydrogen) atoms. The predicted octanol–water partition coefficient (Wildman–Crippen LogP) is 1.66. The van der Waals surface area contributed by atoms with Crippen LogP contribution in [0.5, 0.6) is 0 Å². The van der Waals surface area contributed by atoms with Gasteiger partial charge in [-0.05, 0) is 32.9 Å². The number of carbonyl (C=O) groups is 3. The third-order valence-electron chi connectivity index (χ3n) is 4.95. The molecule has 1 unspecified atom stereocenters. The van der Waals surface area contributed by atoms with Gasteiger partial charge in [0.25, 0.3) is 0 Å². The number of nitrogens with zero attached hydrogens (tertiary/aromatic N) is 4. The standard InChI is InChI=1S/C20H28N4O5/c1-20(2,3)29-19(27)23-10-8-22(9-11-23)17-15(6-5-7-21-17)24-13-14(12-16(24)25)18(26)28-4/h5-7,14H,8-13H2,1-4H3. The molecule has 0 radical (unpaired) electrons. The Labute approximate surface area is 170 Å². The van der Waals surface area contributed by atoms with Gasteiger partial charge in [0.1, 0.15) is 5.60 Å². The number of carbonyl (C=O) groups excluding carboxylic acids is 3. The molecule has 158 valence electrons. The molecule has 2 amide bonds. The Bertz CT molecular complexity index is 783. The first kappa shape index (κ1) is 20.9. The maximum absolute atomic E-state index is 12.5. The van der Waals surface area contributed by atoms with Crippen molar-refractivity contribution in [2.45, 2.75) is 32.8 Å². The van der Waals surface area contributed by atoms with Gasteiger partial charge in [-0.3, -0.25) is 9.59 Å². The van der Waals surface area contributed by atoms with Crippen molar-refractivity contribution >= 4 is 29.5 Å². The molecule has 0 aliphatic carbocycles. The third kappa shape index (κ3) is 4.78. The minimum Gasteiger partial charge on any atom is -0.469 e. The number of amides is 2. The van der Waals surface area contributed by atoms with Gasteiger partial charge in [-0.25, -0.2) is 9.78 Å². The molecular formula is C20H28N4O5. The van der Waals surface area contributed by atoms with Crippen molar-refractivity contribution in [2.24, 2.45) is 5.92 Å². The second-order valence-corrected chi connectivity index (χ2v) is 8.23. The maximum Gasteiger partial charge on any atom is 0.410 e. The maximum atomic E-state index is 12.5. The van der Waals surface area contributed by atoms with E-state index in [2.05, 4.69) is 9.88 Å². The van der Waals surface area contributed by atoms with Gasteiger partial charge in [0.15, 0.2) is 5.82 Å². The minimum atomic E-state index is -0.533. The molecular weight excluding hydrogens is 376 g/mol. The molecule has 1 aromatic heterocycles. The zero-order valence-electron chi connectivity index (χ0n) is 17.4. The highest BCUT2D eigenvalue weighted by Crippen LogP contribution is 2.33. The number of ether oxygens (including phenoxy) is 2. The summed E-state index contributed by atoms with van der Waals surface area (Å²) in [6, 6.07) is 3.61. The highest BCUT2D eigenvalue weighted by Gasteiger charge is 2.38. The number of hydrogen-bond donors (Lipinski definition) is 0. The first-order valence-corrected chi connectivity index (χ1v) is 9.75. The summed E-state index contributed by atoms with van der Waals surface area (Å²) in [4.78, 5) is 46.5. The SMILES string of the molecule is COC(=O)C1CC(=O)N(c2cccnc2N2CCN(C(=O)OC(C)(C)C)CC2)C1. The van der Waals surface area contributed by atoms with E-state index < -0.39 is 11.5 Å². The molecule has 3 rings (SSSR count). The van der Waals surface area contributed by atoms with Crippen molar-refractivity contribution in [3.63, 3.8) is 0 Å². The van der Waals surface area contributed by atoms with Crippen LogP contribution in [0, 0.1) is 5.92 Å². The fourth-order valence-electron chi connectivity index (χ4n) is 3.54. The molecule has 2 fully saturated rings. The van der Waals surface area contributed by atoms with Gasteiger partial charge in [-0.1, -0.05) is 0 Å². The van der Waals surface area contributed by atoms with Crippen LogP contribution in [0.25, 0.3) is 0 Å². The molecule has 1 atom stereocenters. The lowest BCUT2D eigenvalue weighted by Gasteiger charge is -2.37. The first-order valence-electron chi connectivity index (χ1n) is 9.75. The van der Waals surface area contributed by atoms with Gasteiger partial charge in [0, 0.05) is 45.3 Å². The Morgan fingerprint density at radius 1 is 1.17 bits per heavy atom. The van der Waals surface area contributed by atoms with Crippen molar-refractivity contribution in [2.75, 3.05) is 49.6 Å². The quantitative estimate of drug-likeness (QED) is 0.708. The van der Waals surface area contributed by atoms with Crippen molar-refractivity contribution < 1.29 is 23.9 Å². The van der Waals surface area contributed by atoms with Crippen LogP contribution in [0.3, 0.4) is 0 Å². The number of hydrogen-bond acceptors (Lipinski definition) is 7. The van der Waals surface area contributed by atoms with Gasteiger partial charge in [0.2, 0.25) is 5.91 Å². The summed E-state index contributed by atoms with van der Waals surface area (Å²) in [6.45, 7) is 7.97. The summed E-state index contributed by atoms with van der Waals surface area (Å²) in [5.74, 6) is -0.293. The van der Waals surface area contributed by atoms with Crippen LogP contribution in [0.4, 0.5) is 16.3 Å². The van der Waals surface area contributed by atoms with Crippen LogP contribution >= 0.6 is 0 Å². The summed E-state index contributed by atoms with van der Waals surface area (Å²) in [6.07, 6.45) is 1.49. The normalized spacial score (nSPS) is 20.1. The lowest BCUT2D eigenvalue weighted by Crippen LogP contribution is -2.50. The van der Waals surface area contributed by atoms with E-state index >= 15 is 0 Å². The van der Waals surface area contributed by atoms with Gasteiger partial charge >= 0.3 is 12.1 Å². The second-order valence-electron chi connectivity index (χ2n) is 8.23. The molecule has 1 aromatic rings. The van der Waals surface area contributed by atoms with E-state index in [0.717, 1.165) is 0 Å². The molecule has 2 aliphatic rings. The van der Waals surface area contributed by atoms with Crippen LogP contribution in [0.15, 0.2) is 18.3 Å². The number of anilines is 2. The van der Waals surface area contributed by atoms with E-state index in [0.29, 0.717) is 37.7 Å². The summed E-state index contributed by atoms with van der Waals surface area (Å²) in [5.41, 5.74) is 0.143. The lowest BCUT2D eigenvalue weighted by atomic mass is 10.1. The smallest absolute Gasteiger partial charge is 0.410 e. The summed E-state index contributed by atoms with van der Waals surface area (Å²) >= 11 is 0. The average molecular weight is 404 g/mol. The summed E-state index contributed by atoms with van der Waals surface area (Å²) in [5, 5.41) is 0. The van der Waals surface area contributed by atoms with Gasteiger partial charge in [-0.2, -0.15) is 0 Å². The van der Waals surface area contributed by atoms with Crippen molar-refractivity contribution in [1.29, 1.82) is 0 Å². The highest BCUT2D eigenvalue weighted by atomic mass is 16.6. The number of rotatable bonds is 3. The second kappa shape index (κ2) is 8.26. The fraction of sp³-hybridized carbons (Fsp3) is 0.600. The zero-order valence-corrected chi connectivity index (χ0v) is 17.4. The number of piperazine rings is 1. The molecule has 0 spiro atoms. The Morgan fingerprint density at radius 2 is 1.86 bits per heavy atom. The minimum absolute atomic E-state index is 0.123. The van der Waals surface area contributed by atoms with E-state index in [1.54, 1.807) is 22.1 Å².